The van der Waals surface area contributed by atoms with E-state index >= 15 is 0 Å². The van der Waals surface area contributed by atoms with Gasteiger partial charge in [0.2, 0.25) is 34.4 Å². The van der Waals surface area contributed by atoms with Crippen molar-refractivity contribution in [3.63, 3.8) is 0 Å². The summed E-state index contributed by atoms with van der Waals surface area (Å²) >= 11 is 12.9. The number of nitrogens with one attached hydrogen (secondary N) is 4. The van der Waals surface area contributed by atoms with Crippen molar-refractivity contribution >= 4 is 104 Å². The molecule has 264 valence electrons. The molecule has 2 heterocycles. The summed E-state index contributed by atoms with van der Waals surface area (Å²) in [5.74, 6) is 0.507. The van der Waals surface area contributed by atoms with Crippen molar-refractivity contribution in [1.29, 1.82) is 0 Å². The maximum Gasteiger partial charge on any atom is 0.295 e. The Morgan fingerprint density at radius 1 is 0.596 bits per heavy atom. The number of nitrogens with zero attached hydrogens (tertiary/aromatic N) is 6. The molecule has 0 aliphatic carbocycles. The smallest absolute Gasteiger partial charge is 0.295 e. The second-order valence-corrected chi connectivity index (χ2v) is 13.1. The largest absolute Gasteiger partial charge is 0.324 e. The molecule has 0 saturated carbocycles. The van der Waals surface area contributed by atoms with Crippen molar-refractivity contribution in [3.8, 4) is 0 Å². The molecule has 20 heteroatoms. The van der Waals surface area contributed by atoms with Crippen LogP contribution in [-0.2, 0) is 19.5 Å². The van der Waals surface area contributed by atoms with Gasteiger partial charge in [-0.3, -0.25) is 4.55 Å². The van der Waals surface area contributed by atoms with Gasteiger partial charge in [-0.15, -0.1) is 4.33 Å². The van der Waals surface area contributed by atoms with E-state index in [1.807, 2.05) is 60.7 Å². The van der Waals surface area contributed by atoms with Gasteiger partial charge in [0.05, 0.1) is 12.0 Å². The molecule has 0 aliphatic rings. The summed E-state index contributed by atoms with van der Waals surface area (Å²) in [5.41, 5.74) is 2.83. The zero-order valence-corrected chi connectivity index (χ0v) is 29.3. The molecule has 0 fully saturated rings. The molecule has 2 aromatic heterocycles. The van der Waals surface area contributed by atoms with Gasteiger partial charge in [-0.1, -0.05) is 65.7 Å². The highest BCUT2D eigenvalue weighted by Crippen LogP contribution is 2.31. The maximum absolute atomic E-state index is 12.5. The average Bonchev–Trinajstić information content (AvgIpc) is 3.10. The van der Waals surface area contributed by atoms with Gasteiger partial charge >= 0.3 is 0 Å². The van der Waals surface area contributed by atoms with Crippen LogP contribution < -0.4 is 21.3 Å². The molecule has 52 heavy (non-hydrogen) atoms. The maximum atomic E-state index is 12.5. The number of para-hydroxylation sites is 2. The summed E-state index contributed by atoms with van der Waals surface area (Å²) < 4.78 is 39.7. The lowest BCUT2D eigenvalue weighted by Crippen LogP contribution is -2.06. The first kappa shape index (κ1) is 36.4. The molecule has 0 saturated heterocycles. The predicted molar refractivity (Wildman–Crippen MR) is 198 cm³/mol. The summed E-state index contributed by atoms with van der Waals surface area (Å²) in [7, 11) is -4.71. The van der Waals surface area contributed by atoms with E-state index < -0.39 is 15.0 Å². The Hall–Kier alpha value is -5.44. The standard InChI is InChI=1S/C32H24Cl2N10O6S2/c33-27-39-29(35-21-7-3-1-4-8-21)43-31(41-27)37-23-15-13-19(25(17-23)51-50-49-45)11-12-20-14-16-24(18-26(20)52(46,47)48)38-32-42-28(34)40-30(44-32)36-22-9-5-2-6-10-22/h1-18,45H,(H,46,47,48)(H2,35,37,39,41,43)(H2,36,38,40,42,44)/b12-11+. The van der Waals surface area contributed by atoms with E-state index in [0.717, 1.165) is 5.69 Å². The van der Waals surface area contributed by atoms with Gasteiger partial charge in [0, 0.05) is 27.6 Å². The van der Waals surface area contributed by atoms with E-state index in [2.05, 4.69) is 60.5 Å². The lowest BCUT2D eigenvalue weighted by Gasteiger charge is -2.11. The summed E-state index contributed by atoms with van der Waals surface area (Å²) in [6.07, 6.45) is 3.03. The SMILES string of the molecule is O=S(=O)(O)c1cc(Nc2nc(Cl)nc(Nc3ccccc3)n2)ccc1/C=C/c1ccc(Nc2nc(Cl)nc(Nc3ccccc3)n2)cc1SOOO. The van der Waals surface area contributed by atoms with E-state index in [1.54, 1.807) is 30.3 Å². The molecule has 4 aromatic carbocycles. The Bertz CT molecular complexity index is 2330. The van der Waals surface area contributed by atoms with E-state index in [4.69, 9.17) is 28.5 Å². The van der Waals surface area contributed by atoms with Crippen molar-refractivity contribution in [2.75, 3.05) is 21.3 Å². The molecule has 6 rings (SSSR count). The zero-order chi connectivity index (χ0) is 36.5. The summed E-state index contributed by atoms with van der Waals surface area (Å²) in [5, 5.41) is 24.4. The van der Waals surface area contributed by atoms with Crippen LogP contribution in [0.15, 0.2) is 107 Å². The number of halogens is 2. The predicted octanol–water partition coefficient (Wildman–Crippen LogP) is 8.18. The normalized spacial score (nSPS) is 11.4. The summed E-state index contributed by atoms with van der Waals surface area (Å²) in [6, 6.07) is 27.6. The first-order chi connectivity index (χ1) is 25.1. The monoisotopic (exact) mass is 778 g/mol. The van der Waals surface area contributed by atoms with Gasteiger partial charge in [-0.25, -0.2) is 5.26 Å². The third kappa shape index (κ3) is 10.1. The van der Waals surface area contributed by atoms with Crippen molar-refractivity contribution < 1.29 is 27.6 Å². The Labute approximate surface area is 310 Å². The van der Waals surface area contributed by atoms with Crippen LogP contribution in [0.1, 0.15) is 11.1 Å². The Morgan fingerprint density at radius 2 is 1.04 bits per heavy atom. The fourth-order valence-corrected chi connectivity index (χ4v) is 6.05. The molecule has 0 spiro atoms. The van der Waals surface area contributed by atoms with Crippen molar-refractivity contribution in [3.05, 3.63) is 119 Å². The van der Waals surface area contributed by atoms with Crippen LogP contribution in [0, 0.1) is 0 Å². The lowest BCUT2D eigenvalue weighted by atomic mass is 10.1. The molecule has 0 aliphatic heterocycles. The molecule has 0 bridgehead atoms. The van der Waals surface area contributed by atoms with Crippen molar-refractivity contribution in [2.45, 2.75) is 9.79 Å². The molecule has 0 radical (unpaired) electrons. The van der Waals surface area contributed by atoms with Gasteiger partial charge in [-0.2, -0.15) is 38.3 Å². The van der Waals surface area contributed by atoms with Gasteiger partial charge in [0.15, 0.2) is 0 Å². The highest BCUT2D eigenvalue weighted by molar-refractivity contribution is 7.94. The lowest BCUT2D eigenvalue weighted by molar-refractivity contribution is -0.432. The molecule has 0 atom stereocenters. The number of rotatable bonds is 14. The Morgan fingerprint density at radius 3 is 1.52 bits per heavy atom. The zero-order valence-electron chi connectivity index (χ0n) is 26.2. The second kappa shape index (κ2) is 16.7. The molecule has 0 amide bonds. The van der Waals surface area contributed by atoms with Gasteiger partial charge in [0.25, 0.3) is 10.1 Å². The van der Waals surface area contributed by atoms with Crippen LogP contribution in [0.4, 0.5) is 46.5 Å². The number of anilines is 8. The van der Waals surface area contributed by atoms with E-state index in [0.29, 0.717) is 33.9 Å². The molecular formula is C32H24Cl2N10O6S2. The van der Waals surface area contributed by atoms with Crippen molar-refractivity contribution in [1.82, 2.24) is 29.9 Å². The van der Waals surface area contributed by atoms with E-state index in [1.165, 1.54) is 18.2 Å². The van der Waals surface area contributed by atoms with Gasteiger partial charge < -0.3 is 21.3 Å². The molecule has 6 aromatic rings. The highest BCUT2D eigenvalue weighted by atomic mass is 35.5. The topological polar surface area (TPSA) is 219 Å². The van der Waals surface area contributed by atoms with Crippen LogP contribution >= 0.6 is 35.2 Å². The number of benzene rings is 4. The van der Waals surface area contributed by atoms with E-state index in [9.17, 15) is 13.0 Å². The minimum atomic E-state index is -4.71. The molecule has 6 N–H and O–H groups in total. The summed E-state index contributed by atoms with van der Waals surface area (Å²) in [6.45, 7) is 0. The number of hydrogen-bond donors (Lipinski definition) is 6. The number of hydrogen-bond acceptors (Lipinski definition) is 16. The van der Waals surface area contributed by atoms with Crippen LogP contribution in [0.5, 0.6) is 0 Å². The van der Waals surface area contributed by atoms with Gasteiger partial charge in [-0.05, 0) is 82.9 Å². The third-order valence-electron chi connectivity index (χ3n) is 6.69. The van der Waals surface area contributed by atoms with Gasteiger partial charge in [0.1, 0.15) is 4.90 Å². The highest BCUT2D eigenvalue weighted by Gasteiger charge is 2.17. The molecule has 0 unspecified atom stereocenters. The minimum Gasteiger partial charge on any atom is -0.324 e. The Kier molecular flexibility index (Phi) is 11.7. The Balaban J connectivity index is 1.23. The molecular weight excluding hydrogens is 755 g/mol. The second-order valence-electron chi connectivity index (χ2n) is 10.3. The fraction of sp³-hybridized carbons (Fsp3) is 0. The fourth-order valence-electron chi connectivity index (χ4n) is 4.51. The quantitative estimate of drug-likeness (QED) is 0.0202. The van der Waals surface area contributed by atoms with Crippen molar-refractivity contribution in [2.24, 2.45) is 0 Å². The summed E-state index contributed by atoms with van der Waals surface area (Å²) in [4.78, 5) is 25.0. The van der Waals surface area contributed by atoms with Crippen LogP contribution in [-0.4, -0.2) is 48.1 Å². The first-order valence-electron chi connectivity index (χ1n) is 14.7. The van der Waals surface area contributed by atoms with Crippen LogP contribution in [0.2, 0.25) is 10.6 Å². The first-order valence-corrected chi connectivity index (χ1v) is 17.6. The average molecular weight is 780 g/mol. The van der Waals surface area contributed by atoms with Crippen LogP contribution in [0.3, 0.4) is 0 Å². The van der Waals surface area contributed by atoms with E-state index in [-0.39, 0.29) is 45.6 Å². The van der Waals surface area contributed by atoms with Crippen LogP contribution in [0.25, 0.3) is 12.2 Å². The molecule has 16 nitrogen and oxygen atoms in total. The number of aromatic nitrogens is 6. The third-order valence-corrected chi connectivity index (χ3v) is 8.60. The minimum absolute atomic E-state index is 0.0209.